The molecule has 522 valence electrons. The van der Waals surface area contributed by atoms with Crippen LogP contribution in [0.4, 0.5) is 0 Å². The maximum Gasteiger partial charge on any atom is 0.472 e. The molecule has 2 unspecified atom stereocenters. The molecule has 0 saturated carbocycles. The molecule has 3 N–H and O–H groups in total. The van der Waals surface area contributed by atoms with Crippen LogP contribution < -0.4 is 0 Å². The quantitative estimate of drug-likeness (QED) is 0.0222. The Morgan fingerprint density at radius 1 is 0.307 bits per heavy atom. The van der Waals surface area contributed by atoms with Crippen LogP contribution in [-0.4, -0.2) is 96.7 Å². The number of unbranched alkanes of at least 4 members (excludes halogenated alkanes) is 38. The number of aliphatic hydroxyl groups excluding tert-OH is 1. The first-order valence-electron chi connectivity index (χ1n) is 36.0. The lowest BCUT2D eigenvalue weighted by atomic mass is 10.0. The Morgan fingerprint density at radius 2 is 0.523 bits per heavy atom. The van der Waals surface area contributed by atoms with Crippen molar-refractivity contribution in [3.8, 4) is 0 Å². The van der Waals surface area contributed by atoms with Crippen molar-refractivity contribution in [2.45, 2.75) is 368 Å². The van der Waals surface area contributed by atoms with Crippen LogP contribution in [0, 0.1) is 11.8 Å². The molecule has 0 aromatic rings. The largest absolute Gasteiger partial charge is 0.472 e. The Hall–Kier alpha value is -1.94. The number of rotatable bonds is 68. The van der Waals surface area contributed by atoms with Gasteiger partial charge < -0.3 is 33.8 Å². The van der Waals surface area contributed by atoms with Crippen LogP contribution in [-0.2, 0) is 65.4 Å². The molecule has 17 nitrogen and oxygen atoms in total. The minimum absolute atomic E-state index is 0.106. The highest BCUT2D eigenvalue weighted by atomic mass is 31.2. The molecular formula is C69H134O17P2. The highest BCUT2D eigenvalue weighted by Gasteiger charge is 2.30. The van der Waals surface area contributed by atoms with Crippen LogP contribution in [0.5, 0.6) is 0 Å². The summed E-state index contributed by atoms with van der Waals surface area (Å²) in [5.41, 5.74) is 0. The van der Waals surface area contributed by atoms with Gasteiger partial charge in [0.25, 0.3) is 0 Å². The SMILES string of the molecule is CCCCCCCCCCCCCCC(=O)OC[C@H](COP(=O)(O)OC[C@@H](O)COP(=O)(O)OC[C@@H](COC(=O)CCCCCCCCCCC(C)C)OC(=O)CCCCCCCCCCCCCC)OC(=O)CCCCCCCCCCCCC(C)C. The first-order chi connectivity index (χ1) is 42.4. The van der Waals surface area contributed by atoms with Crippen LogP contribution in [0.25, 0.3) is 0 Å². The number of phosphoric acid groups is 2. The van der Waals surface area contributed by atoms with Gasteiger partial charge in [0.1, 0.15) is 19.3 Å². The molecule has 0 amide bonds. The molecule has 0 aliphatic rings. The smallest absolute Gasteiger partial charge is 0.462 e. The molecule has 0 bridgehead atoms. The van der Waals surface area contributed by atoms with Crippen molar-refractivity contribution >= 4 is 39.5 Å². The summed E-state index contributed by atoms with van der Waals surface area (Å²) in [7, 11) is -9.90. The Morgan fingerprint density at radius 3 is 0.773 bits per heavy atom. The summed E-state index contributed by atoms with van der Waals surface area (Å²) < 4.78 is 68.2. The summed E-state index contributed by atoms with van der Waals surface area (Å²) in [4.78, 5) is 72.5. The molecule has 0 heterocycles. The van der Waals surface area contributed by atoms with Crippen LogP contribution in [0.2, 0.25) is 0 Å². The number of hydrogen-bond acceptors (Lipinski definition) is 15. The molecule has 0 fully saturated rings. The fourth-order valence-electron chi connectivity index (χ4n) is 10.4. The third-order valence-corrected chi connectivity index (χ3v) is 17.9. The Labute approximate surface area is 537 Å². The summed E-state index contributed by atoms with van der Waals surface area (Å²) in [5, 5.41) is 10.6. The molecule has 0 spiro atoms. The lowest BCUT2D eigenvalue weighted by molar-refractivity contribution is -0.161. The normalized spacial score (nSPS) is 14.2. The second-order valence-electron chi connectivity index (χ2n) is 25.9. The van der Waals surface area contributed by atoms with Crippen LogP contribution in [0.15, 0.2) is 0 Å². The highest BCUT2D eigenvalue weighted by Crippen LogP contribution is 2.45. The van der Waals surface area contributed by atoms with E-state index in [4.69, 9.17) is 37.0 Å². The zero-order valence-electron chi connectivity index (χ0n) is 57.0. The summed E-state index contributed by atoms with van der Waals surface area (Å²) >= 11 is 0. The van der Waals surface area contributed by atoms with Gasteiger partial charge in [-0.15, -0.1) is 0 Å². The average molecular weight is 1300 g/mol. The van der Waals surface area contributed by atoms with Crippen LogP contribution >= 0.6 is 15.6 Å². The first kappa shape index (κ1) is 86.1. The van der Waals surface area contributed by atoms with E-state index in [2.05, 4.69) is 41.5 Å². The number of ether oxygens (including phenoxy) is 4. The Balaban J connectivity index is 5.26. The van der Waals surface area contributed by atoms with E-state index in [9.17, 15) is 43.2 Å². The molecule has 0 aromatic carbocycles. The summed E-state index contributed by atoms with van der Waals surface area (Å²) in [6.45, 7) is 9.50. The maximum absolute atomic E-state index is 13.0. The second kappa shape index (κ2) is 61.3. The number of esters is 4. The van der Waals surface area contributed by atoms with Gasteiger partial charge in [-0.1, -0.05) is 298 Å². The standard InChI is InChI=1S/C69H134O17P2/c1-7-9-11-13-15-17-19-21-26-33-39-45-51-66(71)79-57-64(86-69(74)54-48-42-36-28-24-23-25-31-37-43-49-61(3)4)59-83-87(75,76)81-55-63(70)56-82-88(77,78)84-60-65(58-80-67(72)52-46-40-34-30-29-32-38-44-50-62(5)6)85-68(73)53-47-41-35-27-22-20-18-16-14-12-10-8-2/h61-65,70H,7-60H2,1-6H3,(H,75,76)(H,77,78)/t63-,64-,65-/m1/s1. The second-order valence-corrected chi connectivity index (χ2v) is 28.8. The number of phosphoric ester groups is 2. The van der Waals surface area contributed by atoms with E-state index >= 15 is 0 Å². The molecule has 88 heavy (non-hydrogen) atoms. The third kappa shape index (κ3) is 62.8. The van der Waals surface area contributed by atoms with E-state index in [-0.39, 0.29) is 25.7 Å². The molecule has 0 aliphatic heterocycles. The van der Waals surface area contributed by atoms with E-state index in [1.807, 2.05) is 0 Å². The molecule has 5 atom stereocenters. The van der Waals surface area contributed by atoms with Gasteiger partial charge in [0, 0.05) is 25.7 Å². The number of hydrogen-bond donors (Lipinski definition) is 3. The lowest BCUT2D eigenvalue weighted by Crippen LogP contribution is -2.30. The van der Waals surface area contributed by atoms with Crippen LogP contribution in [0.3, 0.4) is 0 Å². The van der Waals surface area contributed by atoms with Crippen molar-refractivity contribution in [1.82, 2.24) is 0 Å². The lowest BCUT2D eigenvalue weighted by Gasteiger charge is -2.21. The Bertz CT molecular complexity index is 1720. The minimum Gasteiger partial charge on any atom is -0.462 e. The number of carbonyl (C=O) groups excluding carboxylic acids is 4. The van der Waals surface area contributed by atoms with Gasteiger partial charge in [0.05, 0.1) is 26.4 Å². The van der Waals surface area contributed by atoms with E-state index < -0.39 is 97.5 Å². The van der Waals surface area contributed by atoms with Gasteiger partial charge in [-0.05, 0) is 37.5 Å². The van der Waals surface area contributed by atoms with Gasteiger partial charge in [0.15, 0.2) is 12.2 Å². The fourth-order valence-corrected chi connectivity index (χ4v) is 12.0. The molecule has 19 heteroatoms. The predicted octanol–water partition coefficient (Wildman–Crippen LogP) is 19.6. The number of carbonyl (C=O) groups is 4. The predicted molar refractivity (Wildman–Crippen MR) is 354 cm³/mol. The van der Waals surface area contributed by atoms with E-state index in [0.29, 0.717) is 25.7 Å². The Kier molecular flexibility index (Phi) is 59.9. The molecule has 0 aromatic heterocycles. The van der Waals surface area contributed by atoms with Gasteiger partial charge in [0.2, 0.25) is 0 Å². The molecular weight excluding hydrogens is 1160 g/mol. The van der Waals surface area contributed by atoms with Gasteiger partial charge in [-0.3, -0.25) is 37.3 Å². The van der Waals surface area contributed by atoms with Crippen molar-refractivity contribution in [3.05, 3.63) is 0 Å². The molecule has 0 rings (SSSR count). The van der Waals surface area contributed by atoms with Crippen molar-refractivity contribution in [1.29, 1.82) is 0 Å². The molecule has 0 aliphatic carbocycles. The monoisotopic (exact) mass is 1300 g/mol. The van der Waals surface area contributed by atoms with Crippen molar-refractivity contribution in [3.63, 3.8) is 0 Å². The summed E-state index contributed by atoms with van der Waals surface area (Å²) in [5.74, 6) is -0.646. The topological polar surface area (TPSA) is 237 Å². The van der Waals surface area contributed by atoms with E-state index in [0.717, 1.165) is 102 Å². The maximum atomic E-state index is 13.0. The zero-order chi connectivity index (χ0) is 65.0. The van der Waals surface area contributed by atoms with E-state index in [1.165, 1.54) is 167 Å². The zero-order valence-corrected chi connectivity index (χ0v) is 58.8. The summed E-state index contributed by atoms with van der Waals surface area (Å²) in [6, 6.07) is 0. The molecule has 0 radical (unpaired) electrons. The summed E-state index contributed by atoms with van der Waals surface area (Å²) in [6.07, 6.45) is 45.7. The third-order valence-electron chi connectivity index (χ3n) is 16.0. The van der Waals surface area contributed by atoms with Crippen molar-refractivity contribution in [2.24, 2.45) is 11.8 Å². The first-order valence-corrected chi connectivity index (χ1v) is 39.0. The van der Waals surface area contributed by atoms with E-state index in [1.54, 1.807) is 0 Å². The van der Waals surface area contributed by atoms with Gasteiger partial charge in [-0.2, -0.15) is 0 Å². The highest BCUT2D eigenvalue weighted by molar-refractivity contribution is 7.47. The van der Waals surface area contributed by atoms with Crippen molar-refractivity contribution < 1.29 is 80.2 Å². The van der Waals surface area contributed by atoms with Crippen LogP contribution in [0.1, 0.15) is 350 Å². The minimum atomic E-state index is -4.95. The molecule has 0 saturated heterocycles. The number of aliphatic hydroxyl groups is 1. The van der Waals surface area contributed by atoms with Gasteiger partial charge >= 0.3 is 39.5 Å². The fraction of sp³-hybridized carbons (Fsp3) is 0.942. The van der Waals surface area contributed by atoms with Crippen molar-refractivity contribution in [2.75, 3.05) is 39.6 Å². The average Bonchev–Trinajstić information content (AvgIpc) is 3.53. The van der Waals surface area contributed by atoms with Gasteiger partial charge in [-0.25, -0.2) is 9.13 Å².